The molecule has 2 heterocycles. The van der Waals surface area contributed by atoms with Crippen LogP contribution in [0.3, 0.4) is 0 Å². The summed E-state index contributed by atoms with van der Waals surface area (Å²) in [6.45, 7) is 3.79. The highest BCUT2D eigenvalue weighted by molar-refractivity contribution is 5.55. The lowest BCUT2D eigenvalue weighted by atomic mass is 10.2. The predicted octanol–water partition coefficient (Wildman–Crippen LogP) is 2.92. The monoisotopic (exact) mass is 355 g/mol. The molecule has 0 unspecified atom stereocenters. The van der Waals surface area contributed by atoms with Crippen LogP contribution in [0.15, 0.2) is 53.6 Å². The van der Waals surface area contributed by atoms with E-state index in [1.54, 1.807) is 44.4 Å². The third kappa shape index (κ3) is 4.50. The number of hydrogen-bond acceptors (Lipinski definition) is 5. The molecule has 134 valence electrons. The largest absolute Gasteiger partial charge is 0.463 e. The summed E-state index contributed by atoms with van der Waals surface area (Å²) in [5.74, 6) is -1.10. The van der Waals surface area contributed by atoms with Gasteiger partial charge in [0.25, 0.3) is 5.56 Å². The Bertz CT molecular complexity index is 984. The fourth-order valence-corrected chi connectivity index (χ4v) is 2.26. The van der Waals surface area contributed by atoms with Gasteiger partial charge in [-0.05, 0) is 29.7 Å². The number of ether oxygens (including phenoxy) is 1. The number of rotatable bonds is 6. The van der Waals surface area contributed by atoms with Gasteiger partial charge in [0.15, 0.2) is 0 Å². The maximum atomic E-state index is 13.3. The molecule has 0 aliphatic heterocycles. The Kier molecular flexibility index (Phi) is 4.95. The summed E-state index contributed by atoms with van der Waals surface area (Å²) in [6, 6.07) is 9.18. The standard InChI is InChI=1S/C19H19FN4O2/c1-13(2)12-26-19-21-9-15(10-22-19)17-6-7-18(25)24(23-17)11-14-4-3-5-16(20)8-14/h3-10,13H,11-12H2,1-2H3/i13D. The second-order valence-electron chi connectivity index (χ2n) is 6.09. The minimum absolute atomic E-state index is 0.158. The molecule has 7 heteroatoms. The Morgan fingerprint density at radius 2 is 2.00 bits per heavy atom. The highest BCUT2D eigenvalue weighted by atomic mass is 19.1. The van der Waals surface area contributed by atoms with Crippen LogP contribution in [-0.2, 0) is 6.54 Å². The third-order valence-corrected chi connectivity index (χ3v) is 3.50. The zero-order valence-corrected chi connectivity index (χ0v) is 14.5. The predicted molar refractivity (Wildman–Crippen MR) is 95.4 cm³/mol. The number of benzene rings is 1. The Labute approximate surface area is 151 Å². The van der Waals surface area contributed by atoms with Crippen molar-refractivity contribution in [3.63, 3.8) is 0 Å². The average molecular weight is 355 g/mol. The van der Waals surface area contributed by atoms with Crippen LogP contribution in [0.25, 0.3) is 11.3 Å². The molecule has 0 atom stereocenters. The van der Waals surface area contributed by atoms with Crippen molar-refractivity contribution in [3.05, 3.63) is 70.5 Å². The van der Waals surface area contributed by atoms with Crippen LogP contribution in [0.5, 0.6) is 6.01 Å². The molecular formula is C19H19FN4O2. The number of nitrogens with zero attached hydrogens (tertiary/aromatic N) is 4. The maximum absolute atomic E-state index is 13.3. The number of halogens is 1. The van der Waals surface area contributed by atoms with Crippen molar-refractivity contribution < 1.29 is 10.5 Å². The summed E-state index contributed by atoms with van der Waals surface area (Å²) in [4.78, 5) is 20.3. The molecule has 0 amide bonds. The zero-order chi connectivity index (χ0) is 19.4. The molecule has 6 nitrogen and oxygen atoms in total. The third-order valence-electron chi connectivity index (χ3n) is 3.50. The molecular weight excluding hydrogens is 335 g/mol. The quantitative estimate of drug-likeness (QED) is 0.680. The van der Waals surface area contributed by atoms with Crippen LogP contribution in [0.2, 0.25) is 0 Å². The highest BCUT2D eigenvalue weighted by Crippen LogP contribution is 2.15. The molecule has 3 rings (SSSR count). The van der Waals surface area contributed by atoms with Gasteiger partial charge in [0, 0.05) is 25.4 Å². The van der Waals surface area contributed by atoms with E-state index in [2.05, 4.69) is 15.1 Å². The normalized spacial score (nSPS) is 11.9. The van der Waals surface area contributed by atoms with E-state index < -0.39 is 5.89 Å². The lowest BCUT2D eigenvalue weighted by Crippen LogP contribution is -2.22. The van der Waals surface area contributed by atoms with Crippen molar-refractivity contribution in [1.82, 2.24) is 19.7 Å². The molecule has 0 radical (unpaired) electrons. The molecule has 0 saturated heterocycles. The first kappa shape index (κ1) is 16.4. The molecule has 0 aliphatic rings. The zero-order valence-electron chi connectivity index (χ0n) is 15.5. The lowest BCUT2D eigenvalue weighted by Gasteiger charge is -2.08. The van der Waals surface area contributed by atoms with Gasteiger partial charge in [-0.15, -0.1) is 0 Å². The average Bonchev–Trinajstić information content (AvgIpc) is 2.62. The SMILES string of the molecule is [2H]C(C)(C)COc1ncc(-c2ccc(=O)n(Cc3cccc(F)c3)n2)cn1. The van der Waals surface area contributed by atoms with Crippen LogP contribution < -0.4 is 10.3 Å². The van der Waals surface area contributed by atoms with Crippen LogP contribution in [0, 0.1) is 11.7 Å². The van der Waals surface area contributed by atoms with Crippen molar-refractivity contribution >= 4 is 0 Å². The maximum Gasteiger partial charge on any atom is 0.316 e. The van der Waals surface area contributed by atoms with E-state index >= 15 is 0 Å². The molecule has 0 fully saturated rings. The number of hydrogen-bond donors (Lipinski definition) is 0. The van der Waals surface area contributed by atoms with Gasteiger partial charge in [-0.25, -0.2) is 19.0 Å². The summed E-state index contributed by atoms with van der Waals surface area (Å²) in [5, 5.41) is 4.31. The first-order chi connectivity index (χ1) is 12.8. The van der Waals surface area contributed by atoms with E-state index in [0.29, 0.717) is 16.8 Å². The Morgan fingerprint density at radius 1 is 1.23 bits per heavy atom. The van der Waals surface area contributed by atoms with E-state index in [1.807, 2.05) is 0 Å². The van der Waals surface area contributed by atoms with Crippen LogP contribution >= 0.6 is 0 Å². The van der Waals surface area contributed by atoms with Crippen molar-refractivity contribution in [2.45, 2.75) is 20.4 Å². The van der Waals surface area contributed by atoms with Crippen LogP contribution in [0.1, 0.15) is 20.8 Å². The van der Waals surface area contributed by atoms with Gasteiger partial charge in [-0.2, -0.15) is 5.10 Å². The molecule has 1 aromatic carbocycles. The molecule has 0 saturated carbocycles. The van der Waals surface area contributed by atoms with Gasteiger partial charge >= 0.3 is 6.01 Å². The molecule has 0 spiro atoms. The van der Waals surface area contributed by atoms with Crippen LogP contribution in [-0.4, -0.2) is 26.4 Å². The summed E-state index contributed by atoms with van der Waals surface area (Å²) < 4.78 is 27.7. The molecule has 0 aliphatic carbocycles. The van der Waals surface area contributed by atoms with E-state index in [1.165, 1.54) is 22.9 Å². The molecule has 2 aromatic heterocycles. The van der Waals surface area contributed by atoms with E-state index in [4.69, 9.17) is 6.11 Å². The van der Waals surface area contributed by atoms with Crippen molar-refractivity contribution in [2.24, 2.45) is 5.89 Å². The van der Waals surface area contributed by atoms with Gasteiger partial charge in [0.2, 0.25) is 0 Å². The first-order valence-corrected chi connectivity index (χ1v) is 8.08. The molecule has 0 bridgehead atoms. The van der Waals surface area contributed by atoms with Crippen molar-refractivity contribution in [1.29, 1.82) is 0 Å². The van der Waals surface area contributed by atoms with E-state index in [9.17, 15) is 9.18 Å². The second kappa shape index (κ2) is 7.86. The Hall–Kier alpha value is -3.09. The minimum Gasteiger partial charge on any atom is -0.463 e. The second-order valence-corrected chi connectivity index (χ2v) is 6.09. The van der Waals surface area contributed by atoms with Gasteiger partial charge in [0.05, 0.1) is 18.8 Å². The van der Waals surface area contributed by atoms with Gasteiger partial charge in [-0.1, -0.05) is 26.0 Å². The van der Waals surface area contributed by atoms with Crippen molar-refractivity contribution in [2.75, 3.05) is 6.61 Å². The van der Waals surface area contributed by atoms with Crippen molar-refractivity contribution in [3.8, 4) is 17.3 Å². The Balaban J connectivity index is 1.80. The highest BCUT2D eigenvalue weighted by Gasteiger charge is 2.07. The summed E-state index contributed by atoms with van der Waals surface area (Å²) >= 11 is 0. The van der Waals surface area contributed by atoms with Gasteiger partial charge in [-0.3, -0.25) is 4.79 Å². The smallest absolute Gasteiger partial charge is 0.316 e. The number of aromatic nitrogens is 4. The summed E-state index contributed by atoms with van der Waals surface area (Å²) in [5.41, 5.74) is 1.47. The molecule has 3 aromatic rings. The first-order valence-electron chi connectivity index (χ1n) is 8.58. The van der Waals surface area contributed by atoms with Gasteiger partial charge < -0.3 is 4.74 Å². The Morgan fingerprint density at radius 3 is 2.69 bits per heavy atom. The molecule has 26 heavy (non-hydrogen) atoms. The van der Waals surface area contributed by atoms with Gasteiger partial charge in [0.1, 0.15) is 5.82 Å². The lowest BCUT2D eigenvalue weighted by molar-refractivity contribution is 0.251. The molecule has 0 N–H and O–H groups in total. The summed E-state index contributed by atoms with van der Waals surface area (Å²) in [7, 11) is 0. The van der Waals surface area contributed by atoms with E-state index in [0.717, 1.165) is 0 Å². The minimum atomic E-state index is -0.740. The summed E-state index contributed by atoms with van der Waals surface area (Å²) in [6.07, 6.45) is 3.08. The van der Waals surface area contributed by atoms with E-state index in [-0.39, 0.29) is 30.5 Å². The van der Waals surface area contributed by atoms with Crippen LogP contribution in [0.4, 0.5) is 4.39 Å². The fourth-order valence-electron chi connectivity index (χ4n) is 2.26. The fraction of sp³-hybridized carbons (Fsp3) is 0.263. The topological polar surface area (TPSA) is 69.9 Å².